The Balaban J connectivity index is 0. The normalized spacial score (nSPS) is 6.67. The summed E-state index contributed by atoms with van der Waals surface area (Å²) < 4.78 is 0. The maximum atomic E-state index is 9.44. The average Bonchev–Trinajstić information content (AvgIpc) is 2.10. The second-order valence-electron chi connectivity index (χ2n) is 2.06. The molecule has 0 aliphatic carbocycles. The maximum absolute atomic E-state index is 9.44. The summed E-state index contributed by atoms with van der Waals surface area (Å²) in [6.45, 7) is 7.06. The minimum atomic E-state index is 0.167. The summed E-state index contributed by atoms with van der Waals surface area (Å²) in [6, 6.07) is 12.0. The van der Waals surface area contributed by atoms with Gasteiger partial charge in [-0.1, -0.05) is 50.2 Å². The van der Waals surface area contributed by atoms with Crippen LogP contribution in [0.3, 0.4) is 0 Å². The molecule has 1 rings (SSSR count). The number of Topliss-reactive ketones (excluding diaryl/α,β-unsaturated/α-hetero) is 1. The second kappa shape index (κ2) is 12.6. The lowest BCUT2D eigenvalue weighted by molar-refractivity contribution is -0.114. The summed E-state index contributed by atoms with van der Waals surface area (Å²) in [4.78, 5) is 9.44. The monoisotopic (exact) mass is 166 g/mol. The number of hydrogen-bond acceptors (Lipinski definition) is 1. The number of ketones is 1. The Morgan fingerprint density at radius 2 is 0.833 bits per heavy atom. The Bertz CT molecular complexity index is 137. The van der Waals surface area contributed by atoms with Crippen LogP contribution >= 0.6 is 0 Å². The highest BCUT2D eigenvalue weighted by molar-refractivity contribution is 5.72. The van der Waals surface area contributed by atoms with Crippen molar-refractivity contribution < 1.29 is 4.79 Å². The smallest absolute Gasteiger partial charge is 0.126 e. The van der Waals surface area contributed by atoms with Crippen LogP contribution < -0.4 is 0 Å². The molecule has 0 fully saturated rings. The predicted molar refractivity (Wildman–Crippen MR) is 54.1 cm³/mol. The van der Waals surface area contributed by atoms with E-state index in [0.717, 1.165) is 0 Å². The first-order valence-corrected chi connectivity index (χ1v) is 4.20. The molecule has 0 aliphatic heterocycles. The molecule has 68 valence electrons. The first kappa shape index (κ1) is 13.5. The molecule has 0 unspecified atom stereocenters. The molecule has 0 N–H and O–H groups in total. The summed E-state index contributed by atoms with van der Waals surface area (Å²) in [6.07, 6.45) is 0. The van der Waals surface area contributed by atoms with Crippen LogP contribution in [0.15, 0.2) is 36.4 Å². The van der Waals surface area contributed by atoms with Crippen molar-refractivity contribution in [3.8, 4) is 0 Å². The van der Waals surface area contributed by atoms with Crippen LogP contribution in [0.4, 0.5) is 0 Å². The summed E-state index contributed by atoms with van der Waals surface area (Å²) in [7, 11) is 0. The van der Waals surface area contributed by atoms with Crippen molar-refractivity contribution in [2.75, 3.05) is 0 Å². The Hall–Kier alpha value is -1.11. The van der Waals surface area contributed by atoms with Crippen molar-refractivity contribution in [1.29, 1.82) is 0 Å². The molecule has 1 aromatic carbocycles. The van der Waals surface area contributed by atoms with Gasteiger partial charge in [0.1, 0.15) is 5.78 Å². The highest BCUT2D eigenvalue weighted by Crippen LogP contribution is 1.79. The van der Waals surface area contributed by atoms with Gasteiger partial charge in [-0.05, 0) is 13.8 Å². The lowest BCUT2D eigenvalue weighted by atomic mass is 10.4. The van der Waals surface area contributed by atoms with Gasteiger partial charge in [0.05, 0.1) is 0 Å². The summed E-state index contributed by atoms with van der Waals surface area (Å²) in [5.41, 5.74) is 0. The molecule has 0 spiro atoms. The third-order valence-electron chi connectivity index (χ3n) is 0.667. The molecule has 12 heavy (non-hydrogen) atoms. The van der Waals surface area contributed by atoms with Gasteiger partial charge in [0.25, 0.3) is 0 Å². The zero-order chi connectivity index (χ0) is 9.82. The molecule has 0 bridgehead atoms. The zero-order valence-corrected chi connectivity index (χ0v) is 8.37. The number of hydrogen-bond donors (Lipinski definition) is 0. The standard InChI is InChI=1S/C6H6.C3H6O.C2H6/c1-2-4-6-5-3-1;1-3(2)4;1-2/h1-6H;1-2H3;1-2H3. The van der Waals surface area contributed by atoms with Crippen molar-refractivity contribution in [2.24, 2.45) is 0 Å². The van der Waals surface area contributed by atoms with E-state index in [1.807, 2.05) is 50.2 Å². The molecule has 0 radical (unpaired) electrons. The van der Waals surface area contributed by atoms with E-state index in [1.54, 1.807) is 0 Å². The van der Waals surface area contributed by atoms with E-state index in [0.29, 0.717) is 0 Å². The lowest BCUT2D eigenvalue weighted by Crippen LogP contribution is -1.69. The van der Waals surface area contributed by atoms with Gasteiger partial charge in [0.15, 0.2) is 0 Å². The van der Waals surface area contributed by atoms with Crippen LogP contribution in [0.2, 0.25) is 0 Å². The minimum Gasteiger partial charge on any atom is -0.300 e. The predicted octanol–water partition coefficient (Wildman–Crippen LogP) is 3.31. The van der Waals surface area contributed by atoms with E-state index in [9.17, 15) is 4.79 Å². The first-order chi connectivity index (χ1) is 5.73. The van der Waals surface area contributed by atoms with E-state index in [-0.39, 0.29) is 5.78 Å². The Labute approximate surface area is 75.4 Å². The van der Waals surface area contributed by atoms with Gasteiger partial charge < -0.3 is 4.79 Å². The molecule has 1 nitrogen and oxygen atoms in total. The van der Waals surface area contributed by atoms with E-state index < -0.39 is 0 Å². The summed E-state index contributed by atoms with van der Waals surface area (Å²) in [5, 5.41) is 0. The van der Waals surface area contributed by atoms with E-state index in [4.69, 9.17) is 0 Å². The third kappa shape index (κ3) is 23.1. The van der Waals surface area contributed by atoms with Crippen LogP contribution in [0.5, 0.6) is 0 Å². The van der Waals surface area contributed by atoms with Gasteiger partial charge >= 0.3 is 0 Å². The number of carbonyl (C=O) groups is 1. The van der Waals surface area contributed by atoms with Crippen LogP contribution in [-0.2, 0) is 4.79 Å². The molecule has 0 aromatic heterocycles. The van der Waals surface area contributed by atoms with Crippen molar-refractivity contribution in [3.05, 3.63) is 36.4 Å². The van der Waals surface area contributed by atoms with Crippen molar-refractivity contribution in [1.82, 2.24) is 0 Å². The topological polar surface area (TPSA) is 17.1 Å². The van der Waals surface area contributed by atoms with Crippen molar-refractivity contribution >= 4 is 5.78 Å². The quantitative estimate of drug-likeness (QED) is 0.578. The lowest BCUT2D eigenvalue weighted by Gasteiger charge is -1.69. The highest BCUT2D eigenvalue weighted by Gasteiger charge is 1.62. The van der Waals surface area contributed by atoms with Crippen molar-refractivity contribution in [3.63, 3.8) is 0 Å². The third-order valence-corrected chi connectivity index (χ3v) is 0.667. The molecule has 1 aromatic rings. The van der Waals surface area contributed by atoms with Crippen LogP contribution in [0.25, 0.3) is 0 Å². The van der Waals surface area contributed by atoms with Gasteiger partial charge in [-0.3, -0.25) is 0 Å². The summed E-state index contributed by atoms with van der Waals surface area (Å²) in [5.74, 6) is 0.167. The van der Waals surface area contributed by atoms with E-state index in [1.165, 1.54) is 13.8 Å². The Morgan fingerprint density at radius 3 is 0.917 bits per heavy atom. The molecular weight excluding hydrogens is 148 g/mol. The van der Waals surface area contributed by atoms with E-state index in [2.05, 4.69) is 0 Å². The molecule has 0 amide bonds. The van der Waals surface area contributed by atoms with Gasteiger partial charge in [0, 0.05) is 0 Å². The van der Waals surface area contributed by atoms with Crippen molar-refractivity contribution in [2.45, 2.75) is 27.7 Å². The SMILES string of the molecule is CC.CC(C)=O.c1ccccc1. The van der Waals surface area contributed by atoms with Gasteiger partial charge in [-0.15, -0.1) is 0 Å². The van der Waals surface area contributed by atoms with Crippen LogP contribution in [-0.4, -0.2) is 5.78 Å². The fourth-order valence-corrected chi connectivity index (χ4v) is 0.385. The molecule has 0 saturated carbocycles. The van der Waals surface area contributed by atoms with Gasteiger partial charge in [0.2, 0.25) is 0 Å². The van der Waals surface area contributed by atoms with E-state index >= 15 is 0 Å². The fraction of sp³-hybridized carbons (Fsp3) is 0.364. The number of carbonyl (C=O) groups excluding carboxylic acids is 1. The average molecular weight is 166 g/mol. The van der Waals surface area contributed by atoms with Gasteiger partial charge in [-0.25, -0.2) is 0 Å². The molecule has 1 heteroatoms. The molecule has 0 saturated heterocycles. The fourth-order valence-electron chi connectivity index (χ4n) is 0.385. The minimum absolute atomic E-state index is 0.167. The first-order valence-electron chi connectivity index (χ1n) is 4.20. The molecule has 0 atom stereocenters. The molecule has 0 aliphatic rings. The zero-order valence-electron chi connectivity index (χ0n) is 8.37. The van der Waals surface area contributed by atoms with Crippen LogP contribution in [0.1, 0.15) is 27.7 Å². The Kier molecular flexibility index (Phi) is 14.1. The second-order valence-corrected chi connectivity index (χ2v) is 2.06. The molecular formula is C11H18O. The van der Waals surface area contributed by atoms with Gasteiger partial charge in [-0.2, -0.15) is 0 Å². The number of benzene rings is 1. The summed E-state index contributed by atoms with van der Waals surface area (Å²) >= 11 is 0. The highest BCUT2D eigenvalue weighted by atomic mass is 16.1. The largest absolute Gasteiger partial charge is 0.300 e. The van der Waals surface area contributed by atoms with Crippen LogP contribution in [0, 0.1) is 0 Å². The molecule has 0 heterocycles. The number of rotatable bonds is 0. The Morgan fingerprint density at radius 1 is 0.750 bits per heavy atom. The maximum Gasteiger partial charge on any atom is 0.126 e.